The summed E-state index contributed by atoms with van der Waals surface area (Å²) >= 11 is 0. The lowest BCUT2D eigenvalue weighted by Gasteiger charge is -2.43. The number of hydrogen-bond acceptors (Lipinski definition) is 4. The van der Waals surface area contributed by atoms with E-state index in [1.54, 1.807) is 18.2 Å². The normalized spacial score (nSPS) is 25.1. The van der Waals surface area contributed by atoms with Crippen molar-refractivity contribution in [1.82, 2.24) is 0 Å². The minimum atomic E-state index is -4.28. The van der Waals surface area contributed by atoms with Crippen LogP contribution in [-0.2, 0) is 9.53 Å². The third-order valence-corrected chi connectivity index (χ3v) is 7.41. The molecule has 2 bridgehead atoms. The Labute approximate surface area is 204 Å². The van der Waals surface area contributed by atoms with Crippen molar-refractivity contribution in [2.45, 2.75) is 64.1 Å². The molecule has 0 heterocycles. The number of carbonyl (C=O) groups excluding carboxylic acids is 1. The largest absolute Gasteiger partial charge is 0.490 e. The van der Waals surface area contributed by atoms with Gasteiger partial charge in [-0.2, -0.15) is 8.78 Å². The van der Waals surface area contributed by atoms with E-state index in [9.17, 15) is 18.4 Å². The number of fused-ring (bicyclic) bond motifs is 2. The van der Waals surface area contributed by atoms with Gasteiger partial charge in [0.05, 0.1) is 11.7 Å². The van der Waals surface area contributed by atoms with Crippen molar-refractivity contribution in [3.63, 3.8) is 0 Å². The van der Waals surface area contributed by atoms with Gasteiger partial charge in [0.25, 0.3) is 0 Å². The maximum atomic E-state index is 14.4. The number of carboxylic acids is 1. The van der Waals surface area contributed by atoms with E-state index in [0.717, 1.165) is 18.8 Å². The lowest BCUT2D eigenvalue weighted by atomic mass is 9.65. The average molecular weight is 487 g/mol. The quantitative estimate of drug-likeness (QED) is 0.429. The van der Waals surface area contributed by atoms with Gasteiger partial charge in [0, 0.05) is 0 Å². The number of hydrogen-bond donors (Lipinski definition) is 1. The molecule has 2 fully saturated rings. The van der Waals surface area contributed by atoms with Crippen LogP contribution in [0.1, 0.15) is 68.0 Å². The van der Waals surface area contributed by atoms with Crippen LogP contribution in [0.25, 0.3) is 0 Å². The number of carboxylic acid groups (broad SMARTS) is 1. The average Bonchev–Trinajstić information content (AvgIpc) is 2.82. The van der Waals surface area contributed by atoms with Crippen molar-refractivity contribution in [1.29, 1.82) is 0 Å². The highest BCUT2D eigenvalue weighted by atomic mass is 19.3. The molecule has 2 aromatic rings. The Bertz CT molecular complexity index is 1010. The summed E-state index contributed by atoms with van der Waals surface area (Å²) in [5.74, 6) is -4.20. The van der Waals surface area contributed by atoms with Crippen LogP contribution in [0.2, 0.25) is 0 Å². The zero-order chi connectivity index (χ0) is 25.2. The van der Waals surface area contributed by atoms with E-state index in [2.05, 4.69) is 13.8 Å². The standard InChI is InChI=1S/C28H32F2O5/c1-17(2)22-13-18-12-19(14-22)16-24(15-18)34-23-10-8-21(9-11-23)26(31)35-25(28(29,30)27(32)33)20-6-4-3-5-7-20/h3-11,17-19,22,24-25H,12-16H2,1-2H3,(H,32,33). The van der Waals surface area contributed by atoms with Crippen molar-refractivity contribution in [3.8, 4) is 5.75 Å². The second-order valence-corrected chi connectivity index (χ2v) is 10.3. The lowest BCUT2D eigenvalue weighted by Crippen LogP contribution is -2.38. The summed E-state index contributed by atoms with van der Waals surface area (Å²) in [7, 11) is 0. The van der Waals surface area contributed by atoms with Gasteiger partial charge in [0.1, 0.15) is 5.75 Å². The van der Waals surface area contributed by atoms with E-state index in [1.807, 2.05) is 0 Å². The summed E-state index contributed by atoms with van der Waals surface area (Å²) in [6.45, 7) is 4.61. The molecule has 0 radical (unpaired) electrons. The SMILES string of the molecule is CC(C)C1CC2CC(CC(Oc3ccc(C(=O)OC(c4ccccc4)C(F)(F)C(=O)O)cc3)C2)C1. The van der Waals surface area contributed by atoms with Gasteiger partial charge in [0.15, 0.2) is 0 Å². The zero-order valence-corrected chi connectivity index (χ0v) is 20.0. The molecule has 0 aromatic heterocycles. The Morgan fingerprint density at radius 3 is 2.06 bits per heavy atom. The topological polar surface area (TPSA) is 72.8 Å². The van der Waals surface area contributed by atoms with Gasteiger partial charge in [-0.25, -0.2) is 9.59 Å². The van der Waals surface area contributed by atoms with Gasteiger partial charge < -0.3 is 14.6 Å². The van der Waals surface area contributed by atoms with Crippen molar-refractivity contribution < 1.29 is 33.0 Å². The van der Waals surface area contributed by atoms with E-state index in [4.69, 9.17) is 14.6 Å². The van der Waals surface area contributed by atoms with Crippen LogP contribution in [-0.4, -0.2) is 29.1 Å². The molecule has 0 aliphatic heterocycles. The lowest BCUT2D eigenvalue weighted by molar-refractivity contribution is -0.183. The first-order chi connectivity index (χ1) is 16.6. The molecule has 0 saturated heterocycles. The third-order valence-electron chi connectivity index (χ3n) is 7.41. The molecule has 2 aromatic carbocycles. The minimum absolute atomic E-state index is 0.0414. The number of esters is 1. The third kappa shape index (κ3) is 5.82. The van der Waals surface area contributed by atoms with Crippen molar-refractivity contribution in [2.75, 3.05) is 0 Å². The Morgan fingerprint density at radius 2 is 1.51 bits per heavy atom. The van der Waals surface area contributed by atoms with Gasteiger partial charge in [-0.1, -0.05) is 44.2 Å². The van der Waals surface area contributed by atoms with Crippen LogP contribution in [0, 0.1) is 23.7 Å². The number of carbonyl (C=O) groups is 2. The number of aliphatic carboxylic acids is 1. The first-order valence-electron chi connectivity index (χ1n) is 12.3. The fourth-order valence-corrected chi connectivity index (χ4v) is 5.61. The molecule has 3 atom stereocenters. The molecular formula is C28H32F2O5. The molecule has 0 amide bonds. The molecule has 1 N–H and O–H groups in total. The van der Waals surface area contributed by atoms with Gasteiger partial charge in [-0.15, -0.1) is 0 Å². The molecule has 35 heavy (non-hydrogen) atoms. The predicted octanol–water partition coefficient (Wildman–Crippen LogP) is 6.53. The Morgan fingerprint density at radius 1 is 0.914 bits per heavy atom. The van der Waals surface area contributed by atoms with Gasteiger partial charge in [0.2, 0.25) is 6.10 Å². The second-order valence-electron chi connectivity index (χ2n) is 10.3. The van der Waals surface area contributed by atoms with E-state index in [0.29, 0.717) is 23.5 Å². The smallest absolute Gasteiger partial charge is 0.382 e. The van der Waals surface area contributed by atoms with Crippen molar-refractivity contribution in [3.05, 3.63) is 65.7 Å². The van der Waals surface area contributed by atoms with Gasteiger partial charge in [-0.05, 0) is 85.6 Å². The summed E-state index contributed by atoms with van der Waals surface area (Å²) in [6, 6.07) is 13.3. The number of alkyl halides is 2. The summed E-state index contributed by atoms with van der Waals surface area (Å²) in [6.07, 6.45) is 3.70. The Balaban J connectivity index is 1.40. The minimum Gasteiger partial charge on any atom is -0.490 e. The van der Waals surface area contributed by atoms with E-state index < -0.39 is 24.0 Å². The first-order valence-corrected chi connectivity index (χ1v) is 12.3. The number of benzene rings is 2. The Kier molecular flexibility index (Phi) is 7.43. The molecule has 3 unspecified atom stereocenters. The van der Waals surface area contributed by atoms with E-state index in [1.165, 1.54) is 55.7 Å². The van der Waals surface area contributed by atoms with Crippen LogP contribution >= 0.6 is 0 Å². The molecule has 2 aliphatic carbocycles. The highest BCUT2D eigenvalue weighted by Crippen LogP contribution is 2.45. The predicted molar refractivity (Wildman–Crippen MR) is 126 cm³/mol. The van der Waals surface area contributed by atoms with Crippen LogP contribution in [0.5, 0.6) is 5.75 Å². The molecule has 188 valence electrons. The van der Waals surface area contributed by atoms with Gasteiger partial charge in [-0.3, -0.25) is 0 Å². The highest BCUT2D eigenvalue weighted by Gasteiger charge is 2.51. The molecule has 0 spiro atoms. The number of rotatable bonds is 8. The molecular weight excluding hydrogens is 454 g/mol. The van der Waals surface area contributed by atoms with Crippen LogP contribution < -0.4 is 4.74 Å². The molecule has 7 heteroatoms. The molecule has 4 rings (SSSR count). The fraction of sp³-hybridized carbons (Fsp3) is 0.500. The van der Waals surface area contributed by atoms with E-state index in [-0.39, 0.29) is 17.2 Å². The van der Waals surface area contributed by atoms with Gasteiger partial charge >= 0.3 is 17.9 Å². The molecule has 2 aliphatic rings. The Hall–Kier alpha value is -2.96. The van der Waals surface area contributed by atoms with Crippen molar-refractivity contribution in [2.24, 2.45) is 23.7 Å². The highest BCUT2D eigenvalue weighted by molar-refractivity contribution is 5.90. The summed E-state index contributed by atoms with van der Waals surface area (Å²) in [5, 5.41) is 8.99. The monoisotopic (exact) mass is 486 g/mol. The summed E-state index contributed by atoms with van der Waals surface area (Å²) < 4.78 is 39.9. The fourth-order valence-electron chi connectivity index (χ4n) is 5.61. The maximum absolute atomic E-state index is 14.4. The zero-order valence-electron chi connectivity index (χ0n) is 20.0. The summed E-state index contributed by atoms with van der Waals surface area (Å²) in [4.78, 5) is 23.8. The number of halogens is 2. The van der Waals surface area contributed by atoms with Crippen LogP contribution in [0.3, 0.4) is 0 Å². The van der Waals surface area contributed by atoms with Crippen LogP contribution in [0.4, 0.5) is 8.78 Å². The maximum Gasteiger partial charge on any atom is 0.382 e. The van der Waals surface area contributed by atoms with E-state index >= 15 is 0 Å². The first kappa shape index (κ1) is 25.1. The second kappa shape index (κ2) is 10.3. The molecule has 5 nitrogen and oxygen atoms in total. The summed E-state index contributed by atoms with van der Waals surface area (Å²) in [5.41, 5.74) is -0.0597. The van der Waals surface area contributed by atoms with Crippen LogP contribution in [0.15, 0.2) is 54.6 Å². The molecule has 2 saturated carbocycles. The van der Waals surface area contributed by atoms with Crippen molar-refractivity contribution >= 4 is 11.9 Å². The number of ether oxygens (including phenoxy) is 2.